The van der Waals surface area contributed by atoms with Crippen molar-refractivity contribution in [3.05, 3.63) is 132 Å². The molecule has 0 fully saturated rings. The lowest BCUT2D eigenvalue weighted by Crippen LogP contribution is -2.21. The van der Waals surface area contributed by atoms with Crippen LogP contribution in [0.15, 0.2) is 126 Å². The topological polar surface area (TPSA) is 52.2 Å². The van der Waals surface area contributed by atoms with E-state index in [0.29, 0.717) is 5.39 Å². The third kappa shape index (κ3) is 2.84. The van der Waals surface area contributed by atoms with Gasteiger partial charge in [-0.25, -0.2) is 9.97 Å². The highest BCUT2D eigenvalue weighted by Crippen LogP contribution is 2.36. The van der Waals surface area contributed by atoms with Gasteiger partial charge >= 0.3 is 0 Å². The summed E-state index contributed by atoms with van der Waals surface area (Å²) in [5.41, 5.74) is 6.77. The molecule has 4 heterocycles. The van der Waals surface area contributed by atoms with E-state index in [0.717, 1.165) is 60.9 Å². The standard InChI is InChI=1S/C33H20N4O/c38-33-24-16-8-7-15-23(24)29-25-19-20-26(21-11-3-1-4-12-21)34-30(25)31-35-27-17-9-10-18-28(27)37(31)32(29)36(33)22-13-5-2-6-14-22/h1-20H. The first-order valence-electron chi connectivity index (χ1n) is 12.6. The van der Waals surface area contributed by atoms with Gasteiger partial charge in [-0.15, -0.1) is 0 Å². The first-order chi connectivity index (χ1) is 18.8. The highest BCUT2D eigenvalue weighted by Gasteiger charge is 2.22. The molecule has 0 aliphatic carbocycles. The fourth-order valence-electron chi connectivity index (χ4n) is 5.63. The minimum Gasteiger partial charge on any atom is -0.275 e. The Morgan fingerprint density at radius 3 is 2.08 bits per heavy atom. The van der Waals surface area contributed by atoms with Crippen LogP contribution in [0.1, 0.15) is 0 Å². The van der Waals surface area contributed by atoms with Gasteiger partial charge in [-0.05, 0) is 47.9 Å². The molecule has 0 amide bonds. The number of rotatable bonds is 2. The lowest BCUT2D eigenvalue weighted by Gasteiger charge is -2.17. The molecular weight excluding hydrogens is 468 g/mol. The number of imidazole rings is 1. The molecule has 0 radical (unpaired) electrons. The Balaban J connectivity index is 1.71. The maximum atomic E-state index is 14.1. The molecule has 0 saturated heterocycles. The van der Waals surface area contributed by atoms with Crippen molar-refractivity contribution in [1.29, 1.82) is 0 Å². The molecular formula is C33H20N4O. The van der Waals surface area contributed by atoms with Gasteiger partial charge in [0.25, 0.3) is 5.56 Å². The van der Waals surface area contributed by atoms with Gasteiger partial charge in [0.1, 0.15) is 11.2 Å². The maximum absolute atomic E-state index is 14.1. The quantitative estimate of drug-likeness (QED) is 0.243. The van der Waals surface area contributed by atoms with Gasteiger partial charge in [0.15, 0.2) is 5.65 Å². The molecule has 38 heavy (non-hydrogen) atoms. The van der Waals surface area contributed by atoms with Crippen LogP contribution >= 0.6 is 0 Å². The van der Waals surface area contributed by atoms with Crippen molar-refractivity contribution in [1.82, 2.24) is 18.9 Å². The highest BCUT2D eigenvalue weighted by molar-refractivity contribution is 6.21. The van der Waals surface area contributed by atoms with E-state index in [-0.39, 0.29) is 5.56 Å². The number of hydrogen-bond acceptors (Lipinski definition) is 3. The van der Waals surface area contributed by atoms with E-state index < -0.39 is 0 Å². The van der Waals surface area contributed by atoms with Crippen LogP contribution in [0.2, 0.25) is 0 Å². The van der Waals surface area contributed by atoms with Crippen LogP contribution in [0.5, 0.6) is 0 Å². The highest BCUT2D eigenvalue weighted by atomic mass is 16.1. The van der Waals surface area contributed by atoms with E-state index in [4.69, 9.17) is 9.97 Å². The molecule has 178 valence electrons. The molecule has 4 aromatic heterocycles. The second-order valence-electron chi connectivity index (χ2n) is 9.44. The van der Waals surface area contributed by atoms with Gasteiger partial charge in [0.2, 0.25) is 0 Å². The monoisotopic (exact) mass is 488 g/mol. The molecule has 0 aliphatic rings. The lowest BCUT2D eigenvalue weighted by atomic mass is 10.0. The van der Waals surface area contributed by atoms with Crippen molar-refractivity contribution in [2.75, 3.05) is 0 Å². The van der Waals surface area contributed by atoms with Crippen molar-refractivity contribution in [2.45, 2.75) is 0 Å². The largest absolute Gasteiger partial charge is 0.275 e. The Morgan fingerprint density at radius 2 is 1.26 bits per heavy atom. The summed E-state index contributed by atoms with van der Waals surface area (Å²) in [5, 5.41) is 3.50. The van der Waals surface area contributed by atoms with Crippen LogP contribution in [-0.2, 0) is 0 Å². The van der Waals surface area contributed by atoms with Crippen molar-refractivity contribution in [3.63, 3.8) is 0 Å². The van der Waals surface area contributed by atoms with Crippen LogP contribution in [0.3, 0.4) is 0 Å². The molecule has 0 atom stereocenters. The molecule has 8 rings (SSSR count). The van der Waals surface area contributed by atoms with Crippen LogP contribution in [0, 0.1) is 0 Å². The van der Waals surface area contributed by atoms with E-state index in [9.17, 15) is 4.79 Å². The summed E-state index contributed by atoms with van der Waals surface area (Å²) >= 11 is 0. The molecule has 5 heteroatoms. The summed E-state index contributed by atoms with van der Waals surface area (Å²) in [6.45, 7) is 0. The predicted octanol–water partition coefficient (Wildman–Crippen LogP) is 7.16. The Morgan fingerprint density at radius 1 is 0.579 bits per heavy atom. The van der Waals surface area contributed by atoms with Crippen molar-refractivity contribution in [3.8, 4) is 16.9 Å². The minimum absolute atomic E-state index is 0.0633. The average Bonchev–Trinajstić information content (AvgIpc) is 3.38. The van der Waals surface area contributed by atoms with Crippen molar-refractivity contribution in [2.24, 2.45) is 0 Å². The Labute approximate surface area is 216 Å². The third-order valence-corrected chi connectivity index (χ3v) is 7.30. The molecule has 0 N–H and O–H groups in total. The summed E-state index contributed by atoms with van der Waals surface area (Å²) < 4.78 is 3.93. The molecule has 0 aliphatic heterocycles. The van der Waals surface area contributed by atoms with E-state index in [1.165, 1.54) is 0 Å². The number of para-hydroxylation sites is 3. The Hall–Kier alpha value is -5.29. The normalized spacial score (nSPS) is 11.8. The predicted molar refractivity (Wildman–Crippen MR) is 154 cm³/mol. The zero-order valence-electron chi connectivity index (χ0n) is 20.2. The molecule has 0 bridgehead atoms. The Kier molecular flexibility index (Phi) is 4.31. The van der Waals surface area contributed by atoms with Crippen molar-refractivity contribution >= 4 is 49.4 Å². The van der Waals surface area contributed by atoms with E-state index >= 15 is 0 Å². The minimum atomic E-state index is -0.0633. The van der Waals surface area contributed by atoms with Crippen LogP contribution < -0.4 is 5.56 Å². The first kappa shape index (κ1) is 20.9. The maximum Gasteiger partial charge on any atom is 0.264 e. The summed E-state index contributed by atoms with van der Waals surface area (Å²) in [4.78, 5) is 24.4. The smallest absolute Gasteiger partial charge is 0.264 e. The van der Waals surface area contributed by atoms with Gasteiger partial charge in [-0.1, -0.05) is 78.9 Å². The SMILES string of the molecule is O=c1c2ccccc2c2c3ccc(-c4ccccc4)nc3c3nc4ccccc4n3c2n1-c1ccccc1. The van der Waals surface area contributed by atoms with Gasteiger partial charge in [0, 0.05) is 21.7 Å². The fraction of sp³-hybridized carbons (Fsp3) is 0. The summed E-state index contributed by atoms with van der Waals surface area (Å²) in [5.74, 6) is 0. The van der Waals surface area contributed by atoms with E-state index in [1.54, 1.807) is 0 Å². The van der Waals surface area contributed by atoms with Crippen LogP contribution in [0.25, 0.3) is 66.3 Å². The molecule has 0 unspecified atom stereocenters. The molecule has 0 spiro atoms. The van der Waals surface area contributed by atoms with Crippen LogP contribution in [0.4, 0.5) is 0 Å². The second-order valence-corrected chi connectivity index (χ2v) is 9.44. The lowest BCUT2D eigenvalue weighted by molar-refractivity contribution is 1.02. The number of fused-ring (bicyclic) bond motifs is 10. The molecule has 5 nitrogen and oxygen atoms in total. The number of hydrogen-bond donors (Lipinski definition) is 0. The molecule has 4 aromatic carbocycles. The summed E-state index contributed by atoms with van der Waals surface area (Å²) in [6.07, 6.45) is 0. The molecule has 8 aromatic rings. The van der Waals surface area contributed by atoms with Gasteiger partial charge in [-0.3, -0.25) is 13.8 Å². The van der Waals surface area contributed by atoms with Crippen molar-refractivity contribution < 1.29 is 0 Å². The fourth-order valence-corrected chi connectivity index (χ4v) is 5.63. The van der Waals surface area contributed by atoms with E-state index in [2.05, 4.69) is 34.7 Å². The van der Waals surface area contributed by atoms with Crippen LogP contribution in [-0.4, -0.2) is 18.9 Å². The molecule has 0 saturated carbocycles. The van der Waals surface area contributed by atoms with E-state index in [1.807, 2.05) is 95.6 Å². The first-order valence-corrected chi connectivity index (χ1v) is 12.6. The number of benzene rings is 4. The van der Waals surface area contributed by atoms with Gasteiger partial charge < -0.3 is 0 Å². The zero-order valence-corrected chi connectivity index (χ0v) is 20.2. The number of aromatic nitrogens is 4. The number of nitrogens with zero attached hydrogens (tertiary/aromatic N) is 4. The summed E-state index contributed by atoms with van der Waals surface area (Å²) in [7, 11) is 0. The zero-order chi connectivity index (χ0) is 25.2. The second kappa shape index (κ2) is 7.85. The third-order valence-electron chi connectivity index (χ3n) is 7.30. The van der Waals surface area contributed by atoms with Gasteiger partial charge in [0.05, 0.1) is 22.4 Å². The summed E-state index contributed by atoms with van der Waals surface area (Å²) in [6, 6.07) is 40.1. The average molecular weight is 489 g/mol. The number of pyridine rings is 3. The van der Waals surface area contributed by atoms with Gasteiger partial charge in [-0.2, -0.15) is 0 Å². The Bertz CT molecular complexity index is 2250.